The van der Waals surface area contributed by atoms with E-state index in [1.165, 1.54) is 0 Å². The van der Waals surface area contributed by atoms with Crippen LogP contribution in [0.4, 0.5) is 0 Å². The SMILES string of the molecule is CCCC(O)c1ccc(CC(=O)O)cc1. The lowest BCUT2D eigenvalue weighted by atomic mass is 10.0. The van der Waals surface area contributed by atoms with Gasteiger partial charge in [-0.2, -0.15) is 0 Å². The van der Waals surface area contributed by atoms with Gasteiger partial charge in [-0.15, -0.1) is 0 Å². The lowest BCUT2D eigenvalue weighted by Crippen LogP contribution is -2.01. The Bertz CT molecular complexity index is 316. The van der Waals surface area contributed by atoms with E-state index in [4.69, 9.17) is 5.11 Å². The van der Waals surface area contributed by atoms with Gasteiger partial charge in [0.2, 0.25) is 0 Å². The van der Waals surface area contributed by atoms with E-state index in [9.17, 15) is 9.90 Å². The van der Waals surface area contributed by atoms with Crippen LogP contribution in [0.3, 0.4) is 0 Å². The number of aliphatic hydroxyl groups is 1. The number of hydrogen-bond acceptors (Lipinski definition) is 2. The van der Waals surface area contributed by atoms with Gasteiger partial charge < -0.3 is 10.2 Å². The zero-order valence-electron chi connectivity index (χ0n) is 8.81. The molecule has 1 rings (SSSR count). The van der Waals surface area contributed by atoms with E-state index in [1.54, 1.807) is 24.3 Å². The van der Waals surface area contributed by atoms with E-state index in [0.717, 1.165) is 24.0 Å². The molecule has 3 heteroatoms. The summed E-state index contributed by atoms with van der Waals surface area (Å²) in [6, 6.07) is 7.09. The van der Waals surface area contributed by atoms with E-state index in [0.29, 0.717) is 0 Å². The molecule has 0 bridgehead atoms. The van der Waals surface area contributed by atoms with Gasteiger partial charge in [-0.05, 0) is 17.5 Å². The Morgan fingerprint density at radius 3 is 2.40 bits per heavy atom. The van der Waals surface area contributed by atoms with Gasteiger partial charge in [-0.1, -0.05) is 37.6 Å². The second-order valence-electron chi connectivity index (χ2n) is 3.62. The van der Waals surface area contributed by atoms with Crippen molar-refractivity contribution >= 4 is 5.97 Å². The zero-order chi connectivity index (χ0) is 11.3. The molecule has 0 aliphatic carbocycles. The highest BCUT2D eigenvalue weighted by atomic mass is 16.4. The van der Waals surface area contributed by atoms with Crippen LogP contribution in [0.15, 0.2) is 24.3 Å². The first-order chi connectivity index (χ1) is 7.13. The first-order valence-electron chi connectivity index (χ1n) is 5.12. The third-order valence-electron chi connectivity index (χ3n) is 2.28. The molecule has 3 nitrogen and oxygen atoms in total. The van der Waals surface area contributed by atoms with Crippen LogP contribution in [-0.4, -0.2) is 16.2 Å². The maximum atomic E-state index is 10.4. The molecule has 0 saturated heterocycles. The molecule has 0 fully saturated rings. The molecule has 82 valence electrons. The minimum atomic E-state index is -0.836. The van der Waals surface area contributed by atoms with Crippen molar-refractivity contribution in [3.8, 4) is 0 Å². The number of hydrogen-bond donors (Lipinski definition) is 2. The Morgan fingerprint density at radius 2 is 1.93 bits per heavy atom. The van der Waals surface area contributed by atoms with Crippen molar-refractivity contribution in [3.63, 3.8) is 0 Å². The second kappa shape index (κ2) is 5.51. The van der Waals surface area contributed by atoms with Crippen LogP contribution in [0.5, 0.6) is 0 Å². The molecule has 0 aliphatic rings. The van der Waals surface area contributed by atoms with Crippen LogP contribution >= 0.6 is 0 Å². The lowest BCUT2D eigenvalue weighted by Gasteiger charge is -2.09. The van der Waals surface area contributed by atoms with Crippen molar-refractivity contribution in [2.24, 2.45) is 0 Å². The van der Waals surface area contributed by atoms with E-state index in [1.807, 2.05) is 6.92 Å². The average Bonchev–Trinajstić information content (AvgIpc) is 2.18. The molecule has 0 spiro atoms. The molecule has 0 saturated carbocycles. The summed E-state index contributed by atoms with van der Waals surface area (Å²) in [5, 5.41) is 18.3. The molecule has 1 aromatic carbocycles. The molecular weight excluding hydrogens is 192 g/mol. The van der Waals surface area contributed by atoms with Crippen molar-refractivity contribution in [2.45, 2.75) is 32.3 Å². The molecule has 2 N–H and O–H groups in total. The van der Waals surface area contributed by atoms with Crippen LogP contribution in [0.1, 0.15) is 37.0 Å². The Kier molecular flexibility index (Phi) is 4.31. The fraction of sp³-hybridized carbons (Fsp3) is 0.417. The maximum Gasteiger partial charge on any atom is 0.307 e. The predicted octanol–water partition coefficient (Wildman–Crippen LogP) is 2.15. The van der Waals surface area contributed by atoms with Gasteiger partial charge >= 0.3 is 5.97 Å². The van der Waals surface area contributed by atoms with Crippen molar-refractivity contribution < 1.29 is 15.0 Å². The second-order valence-corrected chi connectivity index (χ2v) is 3.62. The minimum absolute atomic E-state index is 0.0319. The summed E-state index contributed by atoms with van der Waals surface area (Å²) in [5.74, 6) is -0.836. The number of benzene rings is 1. The standard InChI is InChI=1S/C12H16O3/c1-2-3-11(13)10-6-4-9(5-7-10)8-12(14)15/h4-7,11,13H,2-3,8H2,1H3,(H,14,15). The third-order valence-corrected chi connectivity index (χ3v) is 2.28. The Labute approximate surface area is 89.4 Å². The van der Waals surface area contributed by atoms with Gasteiger partial charge in [0.15, 0.2) is 0 Å². The smallest absolute Gasteiger partial charge is 0.307 e. The van der Waals surface area contributed by atoms with Crippen LogP contribution in [-0.2, 0) is 11.2 Å². The van der Waals surface area contributed by atoms with Gasteiger partial charge in [0.1, 0.15) is 0 Å². The number of carboxylic acid groups (broad SMARTS) is 1. The molecule has 0 heterocycles. The molecule has 1 aromatic rings. The van der Waals surface area contributed by atoms with Gasteiger partial charge in [0, 0.05) is 0 Å². The highest BCUT2D eigenvalue weighted by molar-refractivity contribution is 5.70. The number of aliphatic hydroxyl groups excluding tert-OH is 1. The third kappa shape index (κ3) is 3.72. The van der Waals surface area contributed by atoms with Crippen molar-refractivity contribution in [3.05, 3.63) is 35.4 Å². The monoisotopic (exact) mass is 208 g/mol. The Hall–Kier alpha value is -1.35. The molecule has 0 amide bonds. The van der Waals surface area contributed by atoms with Gasteiger partial charge in [-0.3, -0.25) is 4.79 Å². The highest BCUT2D eigenvalue weighted by Gasteiger charge is 2.06. The van der Waals surface area contributed by atoms with Gasteiger partial charge in [0.25, 0.3) is 0 Å². The first kappa shape index (κ1) is 11.7. The summed E-state index contributed by atoms with van der Waals surface area (Å²) >= 11 is 0. The molecule has 0 aliphatic heterocycles. The number of carbonyl (C=O) groups is 1. The molecule has 0 aromatic heterocycles. The van der Waals surface area contributed by atoms with Crippen LogP contribution < -0.4 is 0 Å². The Morgan fingerprint density at radius 1 is 1.33 bits per heavy atom. The van der Waals surface area contributed by atoms with Gasteiger partial charge in [0.05, 0.1) is 12.5 Å². The van der Waals surface area contributed by atoms with Crippen molar-refractivity contribution in [2.75, 3.05) is 0 Å². The molecule has 0 radical (unpaired) electrons. The summed E-state index contributed by atoms with van der Waals surface area (Å²) < 4.78 is 0. The minimum Gasteiger partial charge on any atom is -0.481 e. The normalized spacial score (nSPS) is 12.4. The summed E-state index contributed by atoms with van der Waals surface area (Å²) in [5.41, 5.74) is 1.61. The molecule has 1 unspecified atom stereocenters. The summed E-state index contributed by atoms with van der Waals surface area (Å²) in [6.07, 6.45) is 1.26. The average molecular weight is 208 g/mol. The Balaban J connectivity index is 2.67. The molecule has 15 heavy (non-hydrogen) atoms. The number of carboxylic acids is 1. The lowest BCUT2D eigenvalue weighted by molar-refractivity contribution is -0.136. The molecule has 1 atom stereocenters. The summed E-state index contributed by atoms with van der Waals surface area (Å²) in [6.45, 7) is 2.02. The van der Waals surface area contributed by atoms with Crippen molar-refractivity contribution in [1.29, 1.82) is 0 Å². The summed E-state index contributed by atoms with van der Waals surface area (Å²) in [7, 11) is 0. The van der Waals surface area contributed by atoms with Crippen LogP contribution in [0.2, 0.25) is 0 Å². The highest BCUT2D eigenvalue weighted by Crippen LogP contribution is 2.18. The first-order valence-corrected chi connectivity index (χ1v) is 5.12. The predicted molar refractivity (Wildman–Crippen MR) is 57.6 cm³/mol. The summed E-state index contributed by atoms with van der Waals surface area (Å²) in [4.78, 5) is 10.4. The van der Waals surface area contributed by atoms with E-state index in [2.05, 4.69) is 0 Å². The fourth-order valence-corrected chi connectivity index (χ4v) is 1.47. The number of rotatable bonds is 5. The van der Waals surface area contributed by atoms with Crippen LogP contribution in [0.25, 0.3) is 0 Å². The largest absolute Gasteiger partial charge is 0.481 e. The topological polar surface area (TPSA) is 57.5 Å². The molecular formula is C12H16O3. The van der Waals surface area contributed by atoms with E-state index >= 15 is 0 Å². The van der Waals surface area contributed by atoms with Crippen molar-refractivity contribution in [1.82, 2.24) is 0 Å². The quantitative estimate of drug-likeness (QED) is 0.779. The zero-order valence-corrected chi connectivity index (χ0v) is 8.81. The van der Waals surface area contributed by atoms with Gasteiger partial charge in [-0.25, -0.2) is 0 Å². The van der Waals surface area contributed by atoms with E-state index < -0.39 is 12.1 Å². The number of aliphatic carboxylic acids is 1. The van der Waals surface area contributed by atoms with E-state index in [-0.39, 0.29) is 6.42 Å². The van der Waals surface area contributed by atoms with Crippen LogP contribution in [0, 0.1) is 0 Å². The maximum absolute atomic E-state index is 10.4. The fourth-order valence-electron chi connectivity index (χ4n) is 1.47.